The summed E-state index contributed by atoms with van der Waals surface area (Å²) in [5.41, 5.74) is 5.88. The average Bonchev–Trinajstić information content (AvgIpc) is 2.81. The first-order chi connectivity index (χ1) is 7.68. The largest absolute Gasteiger partial charge is 0.374 e. The van der Waals surface area contributed by atoms with Crippen LogP contribution in [0.25, 0.3) is 0 Å². The molecule has 0 aromatic carbocycles. The minimum atomic E-state index is 0.0892. The number of thiazole rings is 1. The summed E-state index contributed by atoms with van der Waals surface area (Å²) in [4.78, 5) is 6.77. The zero-order chi connectivity index (χ0) is 11.5. The highest BCUT2D eigenvalue weighted by Crippen LogP contribution is 2.24. The van der Waals surface area contributed by atoms with E-state index in [-0.39, 0.29) is 12.1 Å². The van der Waals surface area contributed by atoms with Gasteiger partial charge in [-0.05, 0) is 13.8 Å². The molecule has 0 bridgehead atoms. The van der Waals surface area contributed by atoms with Gasteiger partial charge in [-0.25, -0.2) is 4.98 Å². The van der Waals surface area contributed by atoms with Crippen LogP contribution in [0.2, 0.25) is 0 Å². The molecular formula is C11H19N3OS. The Morgan fingerprint density at radius 3 is 3.06 bits per heavy atom. The number of ether oxygens (including phenoxy) is 1. The van der Waals surface area contributed by atoms with E-state index in [2.05, 4.69) is 16.8 Å². The highest BCUT2D eigenvalue weighted by Gasteiger charge is 2.27. The molecule has 5 heteroatoms. The van der Waals surface area contributed by atoms with Crippen LogP contribution in [0.15, 0.2) is 11.6 Å². The summed E-state index contributed by atoms with van der Waals surface area (Å²) >= 11 is 1.71. The summed E-state index contributed by atoms with van der Waals surface area (Å²) < 4.78 is 5.65. The first-order valence-corrected chi connectivity index (χ1v) is 6.57. The second-order valence-electron chi connectivity index (χ2n) is 4.31. The quantitative estimate of drug-likeness (QED) is 0.865. The first-order valence-electron chi connectivity index (χ1n) is 5.69. The van der Waals surface area contributed by atoms with Crippen molar-refractivity contribution < 1.29 is 4.74 Å². The van der Waals surface area contributed by atoms with E-state index < -0.39 is 0 Å². The molecule has 0 radical (unpaired) electrons. The lowest BCUT2D eigenvalue weighted by molar-refractivity contribution is -0.0498. The molecule has 1 aromatic heterocycles. The van der Waals surface area contributed by atoms with Gasteiger partial charge in [0.2, 0.25) is 0 Å². The SMILES string of the molecule is CC(N)C1CN(C(C)c2nccs2)CCO1. The Morgan fingerprint density at radius 2 is 2.44 bits per heavy atom. The smallest absolute Gasteiger partial charge is 0.109 e. The Balaban J connectivity index is 1.99. The minimum Gasteiger partial charge on any atom is -0.374 e. The van der Waals surface area contributed by atoms with Crippen LogP contribution in [0.4, 0.5) is 0 Å². The zero-order valence-electron chi connectivity index (χ0n) is 9.80. The summed E-state index contributed by atoms with van der Waals surface area (Å²) in [6.45, 7) is 6.83. The van der Waals surface area contributed by atoms with Gasteiger partial charge in [0.15, 0.2) is 0 Å². The van der Waals surface area contributed by atoms with Gasteiger partial charge in [0, 0.05) is 30.7 Å². The Hall–Kier alpha value is -0.490. The third-order valence-corrected chi connectivity index (χ3v) is 4.01. The van der Waals surface area contributed by atoms with Gasteiger partial charge in [0.25, 0.3) is 0 Å². The molecule has 16 heavy (non-hydrogen) atoms. The fourth-order valence-corrected chi connectivity index (χ4v) is 2.69. The van der Waals surface area contributed by atoms with Crippen LogP contribution in [0.1, 0.15) is 24.9 Å². The fraction of sp³-hybridized carbons (Fsp3) is 0.727. The maximum absolute atomic E-state index is 5.88. The number of aromatic nitrogens is 1. The zero-order valence-corrected chi connectivity index (χ0v) is 10.6. The monoisotopic (exact) mass is 241 g/mol. The molecular weight excluding hydrogens is 222 g/mol. The Kier molecular flexibility index (Phi) is 3.91. The Morgan fingerprint density at radius 1 is 1.62 bits per heavy atom. The number of nitrogens with two attached hydrogens (primary N) is 1. The normalized spacial score (nSPS) is 26.6. The van der Waals surface area contributed by atoms with E-state index in [9.17, 15) is 0 Å². The van der Waals surface area contributed by atoms with Crippen LogP contribution in [0.3, 0.4) is 0 Å². The van der Waals surface area contributed by atoms with Crippen molar-refractivity contribution in [1.82, 2.24) is 9.88 Å². The Labute approximate surface area is 100 Å². The molecule has 3 atom stereocenters. The van der Waals surface area contributed by atoms with Gasteiger partial charge in [-0.3, -0.25) is 4.90 Å². The van der Waals surface area contributed by atoms with E-state index in [0.29, 0.717) is 6.04 Å². The van der Waals surface area contributed by atoms with Crippen LogP contribution in [-0.4, -0.2) is 41.7 Å². The summed E-state index contributed by atoms with van der Waals surface area (Å²) in [7, 11) is 0. The maximum atomic E-state index is 5.88. The van der Waals surface area contributed by atoms with E-state index in [1.54, 1.807) is 11.3 Å². The van der Waals surface area contributed by atoms with E-state index in [1.165, 1.54) is 5.01 Å². The van der Waals surface area contributed by atoms with Crippen LogP contribution >= 0.6 is 11.3 Å². The maximum Gasteiger partial charge on any atom is 0.109 e. The van der Waals surface area contributed by atoms with Crippen LogP contribution in [0, 0.1) is 0 Å². The van der Waals surface area contributed by atoms with E-state index >= 15 is 0 Å². The lowest BCUT2D eigenvalue weighted by Gasteiger charge is -2.37. The van der Waals surface area contributed by atoms with Crippen LogP contribution in [0.5, 0.6) is 0 Å². The third-order valence-electron chi connectivity index (χ3n) is 3.07. The number of morpholine rings is 1. The summed E-state index contributed by atoms with van der Waals surface area (Å²) in [6, 6.07) is 0.455. The molecule has 1 aliphatic rings. The molecule has 0 aliphatic carbocycles. The van der Waals surface area contributed by atoms with E-state index in [1.807, 2.05) is 18.5 Å². The van der Waals surface area contributed by atoms with Gasteiger partial charge < -0.3 is 10.5 Å². The third kappa shape index (κ3) is 2.60. The van der Waals surface area contributed by atoms with Gasteiger partial charge in [-0.15, -0.1) is 11.3 Å². The molecule has 0 saturated carbocycles. The second-order valence-corrected chi connectivity index (χ2v) is 5.24. The molecule has 1 fully saturated rings. The van der Waals surface area contributed by atoms with Gasteiger partial charge in [0.05, 0.1) is 18.8 Å². The molecule has 3 unspecified atom stereocenters. The number of hydrogen-bond donors (Lipinski definition) is 1. The van der Waals surface area contributed by atoms with Crippen molar-refractivity contribution in [3.8, 4) is 0 Å². The molecule has 2 N–H and O–H groups in total. The lowest BCUT2D eigenvalue weighted by Crippen LogP contribution is -2.50. The van der Waals surface area contributed by atoms with Crippen molar-refractivity contribution in [2.24, 2.45) is 5.73 Å². The number of hydrogen-bond acceptors (Lipinski definition) is 5. The second kappa shape index (κ2) is 5.23. The predicted octanol–water partition coefficient (Wildman–Crippen LogP) is 1.25. The van der Waals surface area contributed by atoms with Gasteiger partial charge >= 0.3 is 0 Å². The lowest BCUT2D eigenvalue weighted by atomic mass is 10.1. The van der Waals surface area contributed by atoms with Crippen molar-refractivity contribution >= 4 is 11.3 Å². The van der Waals surface area contributed by atoms with Crippen molar-refractivity contribution in [2.75, 3.05) is 19.7 Å². The van der Waals surface area contributed by atoms with Gasteiger partial charge in [-0.2, -0.15) is 0 Å². The predicted molar refractivity (Wildman–Crippen MR) is 65.5 cm³/mol. The van der Waals surface area contributed by atoms with Crippen molar-refractivity contribution in [1.29, 1.82) is 0 Å². The summed E-state index contributed by atoms with van der Waals surface area (Å²) in [5.74, 6) is 0. The van der Waals surface area contributed by atoms with Crippen molar-refractivity contribution in [3.05, 3.63) is 16.6 Å². The highest BCUT2D eigenvalue weighted by molar-refractivity contribution is 7.09. The molecule has 0 spiro atoms. The average molecular weight is 241 g/mol. The fourth-order valence-electron chi connectivity index (χ4n) is 1.96. The Bertz CT molecular complexity index is 315. The summed E-state index contributed by atoms with van der Waals surface area (Å²) in [5, 5.41) is 3.19. The van der Waals surface area contributed by atoms with Gasteiger partial charge in [0.1, 0.15) is 5.01 Å². The van der Waals surface area contributed by atoms with Gasteiger partial charge in [-0.1, -0.05) is 0 Å². The molecule has 1 saturated heterocycles. The van der Waals surface area contributed by atoms with E-state index in [4.69, 9.17) is 10.5 Å². The molecule has 1 aliphatic heterocycles. The van der Waals surface area contributed by atoms with Crippen molar-refractivity contribution in [3.63, 3.8) is 0 Å². The molecule has 0 amide bonds. The molecule has 1 aromatic rings. The van der Waals surface area contributed by atoms with Crippen LogP contribution < -0.4 is 5.73 Å². The number of rotatable bonds is 3. The topological polar surface area (TPSA) is 51.4 Å². The van der Waals surface area contributed by atoms with Crippen molar-refractivity contribution in [2.45, 2.75) is 32.0 Å². The summed E-state index contributed by atoms with van der Waals surface area (Å²) in [6.07, 6.45) is 2.01. The number of nitrogens with zero attached hydrogens (tertiary/aromatic N) is 2. The minimum absolute atomic E-state index is 0.0892. The molecule has 2 rings (SSSR count). The standard InChI is InChI=1S/C11H19N3OS/c1-8(12)10-7-14(4-5-15-10)9(2)11-13-3-6-16-11/h3,6,8-10H,4-5,7,12H2,1-2H3. The van der Waals surface area contributed by atoms with E-state index in [0.717, 1.165) is 19.7 Å². The molecule has 90 valence electrons. The molecule has 4 nitrogen and oxygen atoms in total. The van der Waals surface area contributed by atoms with Crippen LogP contribution in [-0.2, 0) is 4.74 Å². The first kappa shape index (κ1) is 12.0. The highest BCUT2D eigenvalue weighted by atomic mass is 32.1. The molecule has 2 heterocycles.